The first-order valence-corrected chi connectivity index (χ1v) is 9.50. The second kappa shape index (κ2) is 9.00. The predicted molar refractivity (Wildman–Crippen MR) is 98.5 cm³/mol. The zero-order valence-corrected chi connectivity index (χ0v) is 15.8. The van der Waals surface area contributed by atoms with Crippen molar-refractivity contribution in [3.05, 3.63) is 23.8 Å². The van der Waals surface area contributed by atoms with Gasteiger partial charge in [-0.1, -0.05) is 0 Å². The van der Waals surface area contributed by atoms with Crippen molar-refractivity contribution in [1.29, 1.82) is 0 Å². The molecular weight excluding hydrogens is 375 g/mol. The number of amides is 2. The second-order valence-corrected chi connectivity index (χ2v) is 7.18. The number of nitrogens with zero attached hydrogens (tertiary/aromatic N) is 1. The van der Waals surface area contributed by atoms with Gasteiger partial charge >= 0.3 is 12.2 Å². The summed E-state index contributed by atoms with van der Waals surface area (Å²) in [6.45, 7) is 3.68. The van der Waals surface area contributed by atoms with Gasteiger partial charge in [0.1, 0.15) is 5.75 Å². The largest absolute Gasteiger partial charge is 0.497 e. The van der Waals surface area contributed by atoms with Crippen LogP contribution < -0.4 is 15.4 Å². The number of urea groups is 1. The number of likely N-dealkylation sites (tertiary alicyclic amines) is 1. The Kier molecular flexibility index (Phi) is 6.66. The van der Waals surface area contributed by atoms with Crippen molar-refractivity contribution in [3.8, 4) is 5.75 Å². The minimum absolute atomic E-state index is 0.0774. The van der Waals surface area contributed by atoms with Crippen molar-refractivity contribution in [1.82, 2.24) is 10.2 Å². The van der Waals surface area contributed by atoms with Gasteiger partial charge in [0.15, 0.2) is 0 Å². The van der Waals surface area contributed by atoms with Crippen LogP contribution in [0.2, 0.25) is 0 Å². The van der Waals surface area contributed by atoms with E-state index in [-0.39, 0.29) is 17.5 Å². The fraction of sp³-hybridized carbons (Fsp3) is 0.632. The number of nitrogens with one attached hydrogen (secondary N) is 2. The zero-order chi connectivity index (χ0) is 20.1. The highest BCUT2D eigenvalue weighted by Crippen LogP contribution is 2.37. The van der Waals surface area contributed by atoms with Gasteiger partial charge in [-0.05, 0) is 50.6 Å². The molecule has 0 unspecified atom stereocenters. The van der Waals surface area contributed by atoms with Gasteiger partial charge < -0.3 is 20.1 Å². The minimum Gasteiger partial charge on any atom is -0.497 e. The van der Waals surface area contributed by atoms with Crippen LogP contribution in [-0.4, -0.2) is 56.9 Å². The molecule has 6 nitrogen and oxygen atoms in total. The Labute approximate surface area is 162 Å². The van der Waals surface area contributed by atoms with Gasteiger partial charge in [-0.3, -0.25) is 4.90 Å². The Morgan fingerprint density at radius 2 is 2.11 bits per heavy atom. The summed E-state index contributed by atoms with van der Waals surface area (Å²) in [5, 5.41) is 5.08. The lowest BCUT2D eigenvalue weighted by Crippen LogP contribution is -2.48. The molecule has 2 amide bonds. The van der Waals surface area contributed by atoms with E-state index in [2.05, 4.69) is 15.5 Å². The van der Waals surface area contributed by atoms with Gasteiger partial charge in [0.25, 0.3) is 0 Å². The minimum atomic E-state index is -4.60. The van der Waals surface area contributed by atoms with E-state index < -0.39 is 17.8 Å². The summed E-state index contributed by atoms with van der Waals surface area (Å²) in [5.74, 6) is 0.402. The molecule has 2 atom stereocenters. The molecule has 2 heterocycles. The van der Waals surface area contributed by atoms with Gasteiger partial charge in [0.2, 0.25) is 0 Å². The SMILES string of the molecule is COc1ccc(NC(=O)NC[C@H]([C@H]2CCOC2)N2CCCC2)c(C(F)(F)F)c1. The molecule has 0 bridgehead atoms. The summed E-state index contributed by atoms with van der Waals surface area (Å²) in [6, 6.07) is 2.93. The molecule has 0 spiro atoms. The standard InChI is InChI=1S/C19H26F3N3O3/c1-27-14-4-5-16(15(10-14)19(20,21)22)24-18(26)23-11-17(13-6-9-28-12-13)25-7-2-3-8-25/h4-5,10,13,17H,2-3,6-9,11-12H2,1H3,(H2,23,24,26)/t13-,17+/m0/s1. The average molecular weight is 401 g/mol. The molecule has 0 saturated carbocycles. The van der Waals surface area contributed by atoms with Crippen LogP contribution in [-0.2, 0) is 10.9 Å². The topological polar surface area (TPSA) is 62.8 Å². The summed E-state index contributed by atoms with van der Waals surface area (Å²) in [4.78, 5) is 14.7. The number of anilines is 1. The van der Waals surface area contributed by atoms with Crippen LogP contribution in [0, 0.1) is 5.92 Å². The van der Waals surface area contributed by atoms with Crippen LogP contribution >= 0.6 is 0 Å². The van der Waals surface area contributed by atoms with Crippen LogP contribution in [0.4, 0.5) is 23.7 Å². The summed E-state index contributed by atoms with van der Waals surface area (Å²) in [7, 11) is 1.29. The van der Waals surface area contributed by atoms with Crippen molar-refractivity contribution in [2.45, 2.75) is 31.5 Å². The Hall–Kier alpha value is -2.00. The molecule has 2 fully saturated rings. The Balaban J connectivity index is 1.64. The average Bonchev–Trinajstić information content (AvgIpc) is 3.36. The number of methoxy groups -OCH3 is 1. The molecule has 2 saturated heterocycles. The van der Waals surface area contributed by atoms with E-state index in [0.717, 1.165) is 38.4 Å². The number of alkyl halides is 3. The predicted octanol–water partition coefficient (Wildman–Crippen LogP) is 3.34. The normalized spacial score (nSPS) is 21.5. The summed E-state index contributed by atoms with van der Waals surface area (Å²) in [5.41, 5.74) is -1.24. The van der Waals surface area contributed by atoms with Gasteiger partial charge in [0, 0.05) is 25.1 Å². The number of carbonyl (C=O) groups excluding carboxylic acids is 1. The molecule has 1 aromatic carbocycles. The monoisotopic (exact) mass is 401 g/mol. The summed E-state index contributed by atoms with van der Waals surface area (Å²) < 4.78 is 50.2. The maximum absolute atomic E-state index is 13.3. The van der Waals surface area contributed by atoms with Gasteiger partial charge in [-0.15, -0.1) is 0 Å². The second-order valence-electron chi connectivity index (χ2n) is 7.18. The van der Waals surface area contributed by atoms with Crippen molar-refractivity contribution in [2.75, 3.05) is 45.3 Å². The Morgan fingerprint density at radius 1 is 1.36 bits per heavy atom. The first kappa shape index (κ1) is 20.7. The maximum atomic E-state index is 13.3. The van der Waals surface area contributed by atoms with Crippen LogP contribution in [0.25, 0.3) is 0 Å². The highest BCUT2D eigenvalue weighted by Gasteiger charge is 2.35. The van der Waals surface area contributed by atoms with Crippen molar-refractivity contribution in [3.63, 3.8) is 0 Å². The molecule has 2 aliphatic heterocycles. The fourth-order valence-corrected chi connectivity index (χ4v) is 3.88. The summed E-state index contributed by atoms with van der Waals surface area (Å²) >= 11 is 0. The molecular formula is C19H26F3N3O3. The smallest absolute Gasteiger partial charge is 0.418 e. The number of rotatable bonds is 6. The molecule has 2 aliphatic rings. The number of ether oxygens (including phenoxy) is 2. The number of halogens is 3. The lowest BCUT2D eigenvalue weighted by molar-refractivity contribution is -0.137. The molecule has 0 aliphatic carbocycles. The third kappa shape index (κ3) is 5.08. The molecule has 28 heavy (non-hydrogen) atoms. The molecule has 0 aromatic heterocycles. The molecule has 1 aromatic rings. The zero-order valence-electron chi connectivity index (χ0n) is 15.8. The Bertz CT molecular complexity index is 656. The number of carbonyl (C=O) groups is 1. The third-order valence-corrected chi connectivity index (χ3v) is 5.37. The molecule has 9 heteroatoms. The number of hydrogen-bond donors (Lipinski definition) is 2. The lowest BCUT2D eigenvalue weighted by atomic mass is 9.97. The summed E-state index contributed by atoms with van der Waals surface area (Å²) in [6.07, 6.45) is -1.42. The van der Waals surface area contributed by atoms with E-state index in [1.807, 2.05) is 0 Å². The van der Waals surface area contributed by atoms with E-state index in [1.54, 1.807) is 0 Å². The van der Waals surface area contributed by atoms with Crippen LogP contribution in [0.3, 0.4) is 0 Å². The molecule has 156 valence electrons. The van der Waals surface area contributed by atoms with E-state index >= 15 is 0 Å². The van der Waals surface area contributed by atoms with E-state index in [4.69, 9.17) is 9.47 Å². The van der Waals surface area contributed by atoms with Crippen LogP contribution in [0.15, 0.2) is 18.2 Å². The van der Waals surface area contributed by atoms with E-state index in [1.165, 1.54) is 19.2 Å². The first-order chi connectivity index (χ1) is 13.4. The molecule has 3 rings (SSSR count). The number of benzene rings is 1. The maximum Gasteiger partial charge on any atom is 0.418 e. The quantitative estimate of drug-likeness (QED) is 0.768. The number of hydrogen-bond acceptors (Lipinski definition) is 4. The lowest BCUT2D eigenvalue weighted by Gasteiger charge is -2.32. The van der Waals surface area contributed by atoms with Gasteiger partial charge in [-0.25, -0.2) is 4.79 Å². The fourth-order valence-electron chi connectivity index (χ4n) is 3.88. The van der Waals surface area contributed by atoms with E-state index in [9.17, 15) is 18.0 Å². The van der Waals surface area contributed by atoms with Crippen molar-refractivity contribution in [2.24, 2.45) is 5.92 Å². The highest BCUT2D eigenvalue weighted by atomic mass is 19.4. The van der Waals surface area contributed by atoms with Crippen molar-refractivity contribution >= 4 is 11.7 Å². The third-order valence-electron chi connectivity index (χ3n) is 5.37. The van der Waals surface area contributed by atoms with Gasteiger partial charge in [0.05, 0.1) is 25.0 Å². The van der Waals surface area contributed by atoms with Crippen LogP contribution in [0.5, 0.6) is 5.75 Å². The highest BCUT2D eigenvalue weighted by molar-refractivity contribution is 5.90. The Morgan fingerprint density at radius 3 is 2.71 bits per heavy atom. The van der Waals surface area contributed by atoms with Gasteiger partial charge in [-0.2, -0.15) is 13.2 Å². The van der Waals surface area contributed by atoms with Crippen molar-refractivity contribution < 1.29 is 27.4 Å². The first-order valence-electron chi connectivity index (χ1n) is 9.50. The van der Waals surface area contributed by atoms with Crippen LogP contribution in [0.1, 0.15) is 24.8 Å². The molecule has 2 N–H and O–H groups in total. The van der Waals surface area contributed by atoms with E-state index in [0.29, 0.717) is 25.7 Å². The molecule has 0 radical (unpaired) electrons.